The molecule has 0 aliphatic carbocycles. The molecule has 0 radical (unpaired) electrons. The van der Waals surface area contributed by atoms with E-state index in [0.717, 1.165) is 32.0 Å². The van der Waals surface area contributed by atoms with Crippen LogP contribution in [0.4, 0.5) is 5.69 Å². The van der Waals surface area contributed by atoms with Crippen molar-refractivity contribution in [2.75, 3.05) is 25.0 Å². The van der Waals surface area contributed by atoms with Crippen LogP contribution < -0.4 is 10.5 Å². The monoisotopic (exact) mass is 429 g/mol. The highest BCUT2D eigenvalue weighted by Crippen LogP contribution is 2.23. The van der Waals surface area contributed by atoms with Crippen LogP contribution >= 0.6 is 0 Å². The van der Waals surface area contributed by atoms with E-state index in [0.29, 0.717) is 12.1 Å². The number of nitrogens with two attached hydrogens (primary N) is 1. The zero-order chi connectivity index (χ0) is 21.6. The number of aryl methyl sites for hydroxylation is 2. The van der Waals surface area contributed by atoms with Crippen LogP contribution in [-0.2, 0) is 21.2 Å². The van der Waals surface area contributed by atoms with Crippen LogP contribution in [0.15, 0.2) is 53.4 Å². The number of amides is 1. The van der Waals surface area contributed by atoms with Gasteiger partial charge in [0.2, 0.25) is 15.9 Å². The lowest BCUT2D eigenvalue weighted by Crippen LogP contribution is -2.35. The molecular weight excluding hydrogens is 398 g/mol. The summed E-state index contributed by atoms with van der Waals surface area (Å²) in [6, 6.07) is 14.7. The highest BCUT2D eigenvalue weighted by Gasteiger charge is 2.19. The van der Waals surface area contributed by atoms with Crippen molar-refractivity contribution in [3.8, 4) is 0 Å². The first-order valence-corrected chi connectivity index (χ1v) is 12.0. The molecule has 1 fully saturated rings. The fourth-order valence-corrected chi connectivity index (χ4v) is 4.35. The van der Waals surface area contributed by atoms with Crippen molar-refractivity contribution >= 4 is 21.6 Å². The van der Waals surface area contributed by atoms with E-state index in [9.17, 15) is 13.2 Å². The summed E-state index contributed by atoms with van der Waals surface area (Å²) >= 11 is 0. The van der Waals surface area contributed by atoms with Crippen molar-refractivity contribution < 1.29 is 13.2 Å². The molecular formula is C23H31N3O3S. The third-order valence-electron chi connectivity index (χ3n) is 5.79. The topological polar surface area (TPSA) is 92.5 Å². The van der Waals surface area contributed by atoms with E-state index >= 15 is 0 Å². The minimum atomic E-state index is -3.72. The fourth-order valence-electron chi connectivity index (χ4n) is 3.84. The number of benzene rings is 2. The highest BCUT2D eigenvalue weighted by molar-refractivity contribution is 7.89. The summed E-state index contributed by atoms with van der Waals surface area (Å²) in [6.07, 6.45) is 5.15. The second-order valence-electron chi connectivity index (χ2n) is 8.18. The molecule has 0 spiro atoms. The van der Waals surface area contributed by atoms with Gasteiger partial charge in [0.25, 0.3) is 0 Å². The number of likely N-dealkylation sites (tertiary alicyclic amines) is 1. The molecule has 1 aliphatic rings. The number of hydrogen-bond acceptors (Lipinski definition) is 4. The Labute approximate surface area is 179 Å². The van der Waals surface area contributed by atoms with Crippen molar-refractivity contribution in [3.05, 3.63) is 59.7 Å². The lowest BCUT2D eigenvalue weighted by molar-refractivity contribution is -0.116. The van der Waals surface area contributed by atoms with Crippen LogP contribution in [0.1, 0.15) is 36.8 Å². The van der Waals surface area contributed by atoms with Crippen LogP contribution in [0.2, 0.25) is 0 Å². The lowest BCUT2D eigenvalue weighted by atomic mass is 9.90. The van der Waals surface area contributed by atoms with Crippen molar-refractivity contribution in [2.24, 2.45) is 11.1 Å². The Kier molecular flexibility index (Phi) is 7.64. The quantitative estimate of drug-likeness (QED) is 0.673. The van der Waals surface area contributed by atoms with Gasteiger partial charge >= 0.3 is 0 Å². The second kappa shape index (κ2) is 10.2. The Hall–Kier alpha value is -2.22. The molecule has 0 aromatic heterocycles. The van der Waals surface area contributed by atoms with Crippen molar-refractivity contribution in [2.45, 2.75) is 43.9 Å². The van der Waals surface area contributed by atoms with Gasteiger partial charge in [-0.05, 0) is 81.4 Å². The molecule has 6 nitrogen and oxygen atoms in total. The van der Waals surface area contributed by atoms with E-state index < -0.39 is 10.0 Å². The number of carbonyl (C=O) groups excluding carboxylic acids is 1. The van der Waals surface area contributed by atoms with E-state index in [-0.39, 0.29) is 10.8 Å². The van der Waals surface area contributed by atoms with Crippen LogP contribution in [0, 0.1) is 12.8 Å². The van der Waals surface area contributed by atoms with Crippen molar-refractivity contribution in [3.63, 3.8) is 0 Å². The molecule has 7 heteroatoms. The molecule has 0 unspecified atom stereocenters. The third-order valence-corrected chi connectivity index (χ3v) is 6.72. The van der Waals surface area contributed by atoms with Gasteiger partial charge in [-0.25, -0.2) is 13.6 Å². The molecule has 1 aliphatic heterocycles. The van der Waals surface area contributed by atoms with E-state index in [1.807, 2.05) is 0 Å². The molecule has 2 aromatic rings. The smallest absolute Gasteiger partial charge is 0.238 e. The third kappa shape index (κ3) is 6.93. The molecule has 162 valence electrons. The van der Waals surface area contributed by atoms with Gasteiger partial charge in [0.1, 0.15) is 0 Å². The average molecular weight is 430 g/mol. The molecule has 30 heavy (non-hydrogen) atoms. The number of sulfonamides is 1. The minimum Gasteiger partial charge on any atom is -0.326 e. The van der Waals surface area contributed by atoms with E-state index in [2.05, 4.69) is 41.4 Å². The Bertz CT molecular complexity index is 933. The van der Waals surface area contributed by atoms with Crippen molar-refractivity contribution in [1.82, 2.24) is 4.90 Å². The molecule has 1 amide bonds. The summed E-state index contributed by atoms with van der Waals surface area (Å²) in [5.41, 5.74) is 3.29. The average Bonchev–Trinajstić information content (AvgIpc) is 2.72. The van der Waals surface area contributed by atoms with Gasteiger partial charge in [-0.1, -0.05) is 29.8 Å². The zero-order valence-corrected chi connectivity index (χ0v) is 18.3. The summed E-state index contributed by atoms with van der Waals surface area (Å²) in [7, 11) is -3.72. The number of anilines is 1. The summed E-state index contributed by atoms with van der Waals surface area (Å²) in [4.78, 5) is 14.6. The summed E-state index contributed by atoms with van der Waals surface area (Å²) in [5, 5.41) is 7.89. The number of primary sulfonamides is 1. The SMILES string of the molecule is Cc1ccc(CCC2CCN(CCC(=O)Nc3ccc(S(N)(=O)=O)cc3)CC2)cc1. The first-order valence-electron chi connectivity index (χ1n) is 10.5. The lowest BCUT2D eigenvalue weighted by Gasteiger charge is -2.31. The van der Waals surface area contributed by atoms with Crippen molar-refractivity contribution in [1.29, 1.82) is 0 Å². The number of rotatable bonds is 8. The Morgan fingerprint density at radius 3 is 2.30 bits per heavy atom. The summed E-state index contributed by atoms with van der Waals surface area (Å²) in [5.74, 6) is 0.688. The Morgan fingerprint density at radius 1 is 1.07 bits per heavy atom. The van der Waals surface area contributed by atoms with E-state index in [4.69, 9.17) is 5.14 Å². The molecule has 1 heterocycles. The van der Waals surface area contributed by atoms with Crippen LogP contribution in [0.3, 0.4) is 0 Å². The number of piperidine rings is 1. The highest BCUT2D eigenvalue weighted by atomic mass is 32.2. The first-order chi connectivity index (χ1) is 14.3. The maximum absolute atomic E-state index is 12.2. The normalized spacial score (nSPS) is 15.8. The molecule has 1 saturated heterocycles. The molecule has 0 saturated carbocycles. The molecule has 3 N–H and O–H groups in total. The fraction of sp³-hybridized carbons (Fsp3) is 0.435. The predicted octanol–water partition coefficient (Wildman–Crippen LogP) is 3.32. The van der Waals surface area contributed by atoms with Gasteiger partial charge in [0.05, 0.1) is 4.90 Å². The molecule has 0 bridgehead atoms. The maximum atomic E-state index is 12.2. The minimum absolute atomic E-state index is 0.0331. The van der Waals surface area contributed by atoms with Gasteiger partial charge in [0, 0.05) is 18.7 Å². The van der Waals surface area contributed by atoms with Crippen LogP contribution in [-0.4, -0.2) is 38.9 Å². The number of hydrogen-bond donors (Lipinski definition) is 2. The zero-order valence-electron chi connectivity index (χ0n) is 17.5. The van der Waals surface area contributed by atoms with Gasteiger partial charge in [-0.15, -0.1) is 0 Å². The summed E-state index contributed by atoms with van der Waals surface area (Å²) < 4.78 is 22.6. The van der Waals surface area contributed by atoms with Gasteiger partial charge in [-0.3, -0.25) is 4.79 Å². The van der Waals surface area contributed by atoms with Gasteiger partial charge in [-0.2, -0.15) is 0 Å². The van der Waals surface area contributed by atoms with Gasteiger partial charge < -0.3 is 10.2 Å². The van der Waals surface area contributed by atoms with Crippen LogP contribution in [0.25, 0.3) is 0 Å². The molecule has 2 aromatic carbocycles. The van der Waals surface area contributed by atoms with Gasteiger partial charge in [0.15, 0.2) is 0 Å². The standard InChI is InChI=1S/C23H31N3O3S/c1-18-2-4-19(5-3-18)6-7-20-12-15-26(16-13-20)17-14-23(27)25-21-8-10-22(11-9-21)30(24,28)29/h2-5,8-11,20H,6-7,12-17H2,1H3,(H,25,27)(H2,24,28,29). The Balaban J connectivity index is 1.35. The summed E-state index contributed by atoms with van der Waals surface area (Å²) in [6.45, 7) is 4.93. The molecule has 0 atom stereocenters. The number of nitrogens with one attached hydrogen (secondary N) is 1. The van der Waals surface area contributed by atoms with Crippen LogP contribution in [0.5, 0.6) is 0 Å². The number of nitrogens with zero attached hydrogens (tertiary/aromatic N) is 1. The largest absolute Gasteiger partial charge is 0.326 e. The molecule has 3 rings (SSSR count). The Morgan fingerprint density at radius 2 is 1.70 bits per heavy atom. The predicted molar refractivity (Wildman–Crippen MR) is 120 cm³/mol. The van der Waals surface area contributed by atoms with E-state index in [1.165, 1.54) is 42.5 Å². The number of carbonyl (C=O) groups is 1. The first kappa shape index (κ1) is 22.5. The van der Waals surface area contributed by atoms with E-state index in [1.54, 1.807) is 12.1 Å². The second-order valence-corrected chi connectivity index (χ2v) is 9.74. The maximum Gasteiger partial charge on any atom is 0.238 e.